The molecule has 0 radical (unpaired) electrons. The molecule has 0 aromatic rings. The summed E-state index contributed by atoms with van der Waals surface area (Å²) in [5.74, 6) is 0. The smallest absolute Gasteiger partial charge is 0.0703 e. The van der Waals surface area contributed by atoms with Crippen molar-refractivity contribution in [1.29, 1.82) is 5.26 Å². The molecule has 3 heteroatoms. The molecule has 0 N–H and O–H groups in total. The fourth-order valence-corrected chi connectivity index (χ4v) is 2.56. The van der Waals surface area contributed by atoms with Gasteiger partial charge in [-0.3, -0.25) is 0 Å². The second kappa shape index (κ2) is 4.11. The van der Waals surface area contributed by atoms with E-state index in [1.165, 1.54) is 19.4 Å². The standard InChI is InChI=1S/C12H21N3/c1-14-7-3-4-11(8-14)15(2)10-12(9-13)5-6-12/h11H,3-8,10H2,1-2H3. The van der Waals surface area contributed by atoms with E-state index in [0.717, 1.165) is 25.9 Å². The van der Waals surface area contributed by atoms with Crippen LogP contribution in [0.25, 0.3) is 0 Å². The first-order valence-corrected chi connectivity index (χ1v) is 5.95. The van der Waals surface area contributed by atoms with Crippen molar-refractivity contribution in [1.82, 2.24) is 9.80 Å². The zero-order valence-electron chi connectivity index (χ0n) is 9.87. The molecule has 2 rings (SSSR count). The van der Waals surface area contributed by atoms with E-state index in [1.807, 2.05) is 0 Å². The molecule has 1 unspecified atom stereocenters. The Labute approximate surface area is 92.7 Å². The molecule has 1 aliphatic carbocycles. The average molecular weight is 207 g/mol. The Hall–Kier alpha value is -0.590. The van der Waals surface area contributed by atoms with Gasteiger partial charge in [-0.1, -0.05) is 0 Å². The minimum atomic E-state index is 0.0186. The number of nitrogens with zero attached hydrogens (tertiary/aromatic N) is 3. The lowest BCUT2D eigenvalue weighted by Crippen LogP contribution is -2.46. The summed E-state index contributed by atoms with van der Waals surface area (Å²) in [4.78, 5) is 4.81. The third kappa shape index (κ3) is 2.50. The van der Waals surface area contributed by atoms with Crippen molar-refractivity contribution >= 4 is 0 Å². The fourth-order valence-electron chi connectivity index (χ4n) is 2.56. The predicted octanol–water partition coefficient (Wildman–Crippen LogP) is 1.32. The van der Waals surface area contributed by atoms with Crippen LogP contribution in [0, 0.1) is 16.7 Å². The molecule has 1 saturated carbocycles. The Morgan fingerprint density at radius 3 is 2.80 bits per heavy atom. The van der Waals surface area contributed by atoms with E-state index in [4.69, 9.17) is 5.26 Å². The summed E-state index contributed by atoms with van der Waals surface area (Å²) < 4.78 is 0. The zero-order chi connectivity index (χ0) is 10.9. The van der Waals surface area contributed by atoms with Crippen LogP contribution in [0.3, 0.4) is 0 Å². The quantitative estimate of drug-likeness (QED) is 0.699. The minimum absolute atomic E-state index is 0.0186. The molecule has 2 fully saturated rings. The molecule has 1 heterocycles. The fraction of sp³-hybridized carbons (Fsp3) is 0.917. The van der Waals surface area contributed by atoms with Crippen LogP contribution in [0.2, 0.25) is 0 Å². The van der Waals surface area contributed by atoms with E-state index in [1.54, 1.807) is 0 Å². The lowest BCUT2D eigenvalue weighted by molar-refractivity contribution is 0.123. The molecular weight excluding hydrogens is 186 g/mol. The van der Waals surface area contributed by atoms with E-state index < -0.39 is 0 Å². The third-order valence-electron chi connectivity index (χ3n) is 3.87. The van der Waals surface area contributed by atoms with Gasteiger partial charge in [-0.05, 0) is 46.3 Å². The molecule has 15 heavy (non-hydrogen) atoms. The maximum Gasteiger partial charge on any atom is 0.0703 e. The molecule has 84 valence electrons. The summed E-state index contributed by atoms with van der Waals surface area (Å²) >= 11 is 0. The number of hydrogen-bond acceptors (Lipinski definition) is 3. The molecule has 3 nitrogen and oxygen atoms in total. The number of rotatable bonds is 3. The molecule has 1 atom stereocenters. The minimum Gasteiger partial charge on any atom is -0.305 e. The maximum absolute atomic E-state index is 9.07. The number of hydrogen-bond donors (Lipinski definition) is 0. The lowest BCUT2D eigenvalue weighted by atomic mass is 10.0. The van der Waals surface area contributed by atoms with E-state index in [-0.39, 0.29) is 5.41 Å². The predicted molar refractivity (Wildman–Crippen MR) is 60.4 cm³/mol. The van der Waals surface area contributed by atoms with Gasteiger partial charge in [-0.15, -0.1) is 0 Å². The van der Waals surface area contributed by atoms with Gasteiger partial charge < -0.3 is 9.80 Å². The van der Waals surface area contributed by atoms with E-state index in [0.29, 0.717) is 6.04 Å². The Bertz CT molecular complexity index is 265. The van der Waals surface area contributed by atoms with Gasteiger partial charge in [0.05, 0.1) is 11.5 Å². The molecule has 0 aromatic carbocycles. The summed E-state index contributed by atoms with van der Waals surface area (Å²) in [6.07, 6.45) is 4.81. The van der Waals surface area contributed by atoms with Crippen molar-refractivity contribution < 1.29 is 0 Å². The third-order valence-corrected chi connectivity index (χ3v) is 3.87. The van der Waals surface area contributed by atoms with Gasteiger partial charge in [0.2, 0.25) is 0 Å². The summed E-state index contributed by atoms with van der Waals surface area (Å²) in [7, 11) is 4.37. The highest BCUT2D eigenvalue weighted by Crippen LogP contribution is 2.45. The van der Waals surface area contributed by atoms with Crippen LogP contribution in [0.4, 0.5) is 0 Å². The van der Waals surface area contributed by atoms with Gasteiger partial charge in [0.25, 0.3) is 0 Å². The van der Waals surface area contributed by atoms with Crippen molar-refractivity contribution in [3.63, 3.8) is 0 Å². The highest BCUT2D eigenvalue weighted by atomic mass is 15.2. The van der Waals surface area contributed by atoms with Crippen LogP contribution < -0.4 is 0 Å². The second-order valence-electron chi connectivity index (χ2n) is 5.37. The molecule has 0 aromatic heterocycles. The number of nitriles is 1. The molecular formula is C12H21N3. The Morgan fingerprint density at radius 2 is 2.27 bits per heavy atom. The van der Waals surface area contributed by atoms with Gasteiger partial charge in [0.1, 0.15) is 0 Å². The molecule has 1 saturated heterocycles. The highest BCUT2D eigenvalue weighted by molar-refractivity contribution is 5.11. The topological polar surface area (TPSA) is 30.3 Å². The zero-order valence-corrected chi connectivity index (χ0v) is 9.87. The van der Waals surface area contributed by atoms with Crippen LogP contribution in [-0.4, -0.2) is 49.6 Å². The Kier molecular flexibility index (Phi) is 2.99. The SMILES string of the molecule is CN1CCCC(N(C)CC2(C#N)CC2)C1. The molecule has 2 aliphatic rings. The molecule has 0 spiro atoms. The average Bonchev–Trinajstić information content (AvgIpc) is 2.98. The molecule has 0 amide bonds. The maximum atomic E-state index is 9.07. The van der Waals surface area contributed by atoms with E-state index in [9.17, 15) is 0 Å². The largest absolute Gasteiger partial charge is 0.305 e. The van der Waals surface area contributed by atoms with Crippen LogP contribution >= 0.6 is 0 Å². The summed E-state index contributed by atoms with van der Waals surface area (Å²) in [6, 6.07) is 3.14. The van der Waals surface area contributed by atoms with Crippen molar-refractivity contribution in [2.75, 3.05) is 33.7 Å². The van der Waals surface area contributed by atoms with Crippen LogP contribution in [0.1, 0.15) is 25.7 Å². The first kappa shape index (κ1) is 10.9. The first-order chi connectivity index (χ1) is 7.15. The van der Waals surface area contributed by atoms with E-state index >= 15 is 0 Å². The summed E-state index contributed by atoms with van der Waals surface area (Å²) in [5, 5.41) is 9.07. The van der Waals surface area contributed by atoms with Gasteiger partial charge in [0.15, 0.2) is 0 Å². The summed E-state index contributed by atoms with van der Waals surface area (Å²) in [5.41, 5.74) is 0.0186. The van der Waals surface area contributed by atoms with Crippen molar-refractivity contribution in [3.8, 4) is 6.07 Å². The Balaban J connectivity index is 1.85. The van der Waals surface area contributed by atoms with Crippen molar-refractivity contribution in [2.45, 2.75) is 31.7 Å². The van der Waals surface area contributed by atoms with Crippen LogP contribution in [0.5, 0.6) is 0 Å². The van der Waals surface area contributed by atoms with Crippen LogP contribution in [0.15, 0.2) is 0 Å². The van der Waals surface area contributed by atoms with Gasteiger partial charge >= 0.3 is 0 Å². The molecule has 0 bridgehead atoms. The first-order valence-electron chi connectivity index (χ1n) is 5.95. The number of likely N-dealkylation sites (N-methyl/N-ethyl adjacent to an activating group) is 2. The van der Waals surface area contributed by atoms with Gasteiger partial charge in [-0.2, -0.15) is 5.26 Å². The second-order valence-corrected chi connectivity index (χ2v) is 5.37. The van der Waals surface area contributed by atoms with Gasteiger partial charge in [-0.25, -0.2) is 0 Å². The summed E-state index contributed by atoms with van der Waals surface area (Å²) in [6.45, 7) is 3.37. The lowest BCUT2D eigenvalue weighted by Gasteiger charge is -2.36. The van der Waals surface area contributed by atoms with Crippen molar-refractivity contribution in [3.05, 3.63) is 0 Å². The Morgan fingerprint density at radius 1 is 1.53 bits per heavy atom. The van der Waals surface area contributed by atoms with Gasteiger partial charge in [0, 0.05) is 19.1 Å². The van der Waals surface area contributed by atoms with E-state index in [2.05, 4.69) is 30.0 Å². The monoisotopic (exact) mass is 207 g/mol. The number of likely N-dealkylation sites (tertiary alicyclic amines) is 1. The highest BCUT2D eigenvalue weighted by Gasteiger charge is 2.44. The number of piperidine rings is 1. The molecule has 1 aliphatic heterocycles. The van der Waals surface area contributed by atoms with Crippen LogP contribution in [-0.2, 0) is 0 Å². The van der Waals surface area contributed by atoms with Crippen molar-refractivity contribution in [2.24, 2.45) is 5.41 Å². The normalized spacial score (nSPS) is 30.1.